The van der Waals surface area contributed by atoms with Crippen LogP contribution in [0, 0.1) is 11.7 Å². The molecule has 3 N–H and O–H groups in total. The van der Waals surface area contributed by atoms with Crippen LogP contribution in [0.25, 0.3) is 0 Å². The first-order chi connectivity index (χ1) is 25.9. The molecule has 5 atom stereocenters. The molecule has 0 bridgehead atoms. The summed E-state index contributed by atoms with van der Waals surface area (Å²) in [5.41, 5.74) is -1.65. The number of nitrogens with zero attached hydrogens (tertiary/aromatic N) is 3. The molecule has 0 spiro atoms. The Hall–Kier alpha value is -4.45. The van der Waals surface area contributed by atoms with Crippen LogP contribution in [0.3, 0.4) is 0 Å². The molecule has 3 fully saturated rings. The van der Waals surface area contributed by atoms with Crippen molar-refractivity contribution in [2.75, 3.05) is 25.5 Å². The summed E-state index contributed by atoms with van der Waals surface area (Å²) in [6.45, 7) is 4.37. The minimum atomic E-state index is -3.98. The monoisotopic (exact) mass is 808 g/mol. The average molecular weight is 809 g/mol. The second-order valence-corrected chi connectivity index (χ2v) is 17.9. The van der Waals surface area contributed by atoms with E-state index in [-0.39, 0.29) is 45.6 Å². The quantitative estimate of drug-likeness (QED) is 0.282. The normalized spacial score (nSPS) is 27.1. The number of amides is 6. The number of sulfonamides is 1. The highest BCUT2D eigenvalue weighted by Crippen LogP contribution is 2.46. The van der Waals surface area contributed by atoms with Crippen molar-refractivity contribution in [3.8, 4) is 0 Å². The molecule has 6 rings (SSSR count). The van der Waals surface area contributed by atoms with Crippen molar-refractivity contribution < 1.29 is 51.0 Å². The molecule has 0 aromatic heterocycles. The lowest BCUT2D eigenvalue weighted by Crippen LogP contribution is -2.60. The Morgan fingerprint density at radius 1 is 1.09 bits per heavy atom. The number of hydrogen-bond donors (Lipinski definition) is 3. The molecule has 1 aromatic rings. The number of nitrogens with one attached hydrogen (secondary N) is 3. The van der Waals surface area contributed by atoms with Gasteiger partial charge in [0, 0.05) is 31.0 Å². The lowest BCUT2D eigenvalue weighted by molar-refractivity contribution is -0.142. The Bertz CT molecular complexity index is 1890. The van der Waals surface area contributed by atoms with Crippen LogP contribution in [0.2, 0.25) is 0 Å². The fourth-order valence-electron chi connectivity index (χ4n) is 7.19. The Morgan fingerprint density at radius 3 is 2.51 bits per heavy atom. The molecule has 6 amide bonds. The summed E-state index contributed by atoms with van der Waals surface area (Å²) in [5, 5.41) is 4.57. The van der Waals surface area contributed by atoms with E-state index in [9.17, 15) is 41.6 Å². The largest absolute Gasteiger partial charge is 0.444 e. The number of allylic oxidation sites excluding steroid dienone is 1. The van der Waals surface area contributed by atoms with E-state index in [0.717, 1.165) is 4.90 Å². The van der Waals surface area contributed by atoms with Gasteiger partial charge in [-0.15, -0.1) is 11.6 Å². The highest BCUT2D eigenvalue weighted by atomic mass is 35.5. The molecule has 16 nitrogen and oxygen atoms in total. The third kappa shape index (κ3) is 9.17. The van der Waals surface area contributed by atoms with Gasteiger partial charge in [-0.05, 0) is 64.5 Å². The van der Waals surface area contributed by atoms with Crippen molar-refractivity contribution >= 4 is 57.4 Å². The predicted octanol–water partition coefficient (Wildman–Crippen LogP) is 2.04. The Kier molecular flexibility index (Phi) is 11.4. The van der Waals surface area contributed by atoms with Gasteiger partial charge in [-0.2, -0.15) is 0 Å². The van der Waals surface area contributed by atoms with Gasteiger partial charge in [0.1, 0.15) is 41.0 Å². The zero-order chi connectivity index (χ0) is 39.9. The summed E-state index contributed by atoms with van der Waals surface area (Å²) in [6.07, 6.45) is 2.10. The van der Waals surface area contributed by atoms with Crippen LogP contribution < -0.4 is 15.4 Å². The van der Waals surface area contributed by atoms with Crippen molar-refractivity contribution in [1.82, 2.24) is 30.1 Å². The van der Waals surface area contributed by atoms with Gasteiger partial charge in [-0.25, -0.2) is 22.4 Å². The third-order valence-electron chi connectivity index (χ3n) is 10.3. The highest BCUT2D eigenvalue weighted by molar-refractivity contribution is 7.91. The standard InChI is InChI=1S/C36H46ClFN6O10S/c1-35(2,3)54-33(49)39-27-20-42(29(45)16-37)13-6-4-5-9-22-15-36(22,32(48)41-55(51,52)24-11-12-24)40-30(46)28-14-23(18-44(28)31(27)47)53-34(50)43-17-21-8-7-10-26(38)25(21)19-43/h5,7-10,22-24,27-28H,4,6,11-20H2,1-3H3,(H,39,49)(H,40,46)(H,41,48)/t22-,23-,27?,28+,36-/m1/s1. The number of carbonyl (C=O) groups excluding carboxylic acids is 6. The summed E-state index contributed by atoms with van der Waals surface area (Å²) in [7, 11) is -3.98. The van der Waals surface area contributed by atoms with Crippen LogP contribution in [0.5, 0.6) is 0 Å². The lowest BCUT2D eigenvalue weighted by atomic mass is 10.1. The van der Waals surface area contributed by atoms with E-state index in [4.69, 9.17) is 21.1 Å². The Labute approximate surface area is 323 Å². The van der Waals surface area contributed by atoms with Gasteiger partial charge in [0.25, 0.3) is 5.91 Å². The molecule has 1 unspecified atom stereocenters. The first-order valence-electron chi connectivity index (χ1n) is 18.3. The van der Waals surface area contributed by atoms with E-state index in [0.29, 0.717) is 36.8 Å². The molecular weight excluding hydrogens is 763 g/mol. The van der Waals surface area contributed by atoms with Gasteiger partial charge in [0.05, 0.1) is 24.9 Å². The summed E-state index contributed by atoms with van der Waals surface area (Å²) in [4.78, 5) is 85.8. The number of ether oxygens (including phenoxy) is 2. The molecule has 3 heterocycles. The second kappa shape index (κ2) is 15.6. The van der Waals surface area contributed by atoms with Gasteiger partial charge in [-0.3, -0.25) is 28.8 Å². The van der Waals surface area contributed by atoms with Crippen LogP contribution in [0.4, 0.5) is 14.0 Å². The molecular formula is C36H46ClFN6O10S. The number of benzene rings is 1. The number of halogens is 2. The lowest BCUT2D eigenvalue weighted by Gasteiger charge is -2.33. The number of rotatable bonds is 6. The Balaban J connectivity index is 1.31. The van der Waals surface area contributed by atoms with Crippen LogP contribution in [-0.4, -0.2) is 119 Å². The molecule has 2 aliphatic carbocycles. The molecule has 2 saturated carbocycles. The fourth-order valence-corrected chi connectivity index (χ4v) is 8.72. The average Bonchev–Trinajstić information content (AvgIpc) is 3.99. The maximum Gasteiger partial charge on any atom is 0.410 e. The zero-order valence-electron chi connectivity index (χ0n) is 30.8. The van der Waals surface area contributed by atoms with Gasteiger partial charge < -0.3 is 29.9 Å². The van der Waals surface area contributed by atoms with Crippen LogP contribution in [0.15, 0.2) is 30.4 Å². The number of hydrogen-bond acceptors (Lipinski definition) is 10. The molecule has 55 heavy (non-hydrogen) atoms. The highest BCUT2D eigenvalue weighted by Gasteiger charge is 2.62. The molecule has 19 heteroatoms. The number of carbonyl (C=O) groups is 6. The van der Waals surface area contributed by atoms with Crippen molar-refractivity contribution in [1.29, 1.82) is 0 Å². The van der Waals surface area contributed by atoms with E-state index in [1.165, 1.54) is 21.9 Å². The number of fused-ring (bicyclic) bond motifs is 3. The topological polar surface area (TPSA) is 201 Å². The molecule has 300 valence electrons. The van der Waals surface area contributed by atoms with Gasteiger partial charge in [0.2, 0.25) is 27.7 Å². The third-order valence-corrected chi connectivity index (χ3v) is 12.3. The SMILES string of the molecule is CC(C)(C)OC(=O)NC1CN(C(=O)CCl)CCCC=C[C@@H]2C[C@@]2(C(=O)NS(=O)(=O)C2CC2)NC(=O)[C@@H]2C[C@@H](OC(=O)N3Cc4cccc(F)c4C3)CN2C1=O. The minimum Gasteiger partial charge on any atom is -0.444 e. The van der Waals surface area contributed by atoms with Crippen LogP contribution >= 0.6 is 11.6 Å². The summed E-state index contributed by atoms with van der Waals surface area (Å²) < 4.78 is 53.4. The number of alkyl halides is 1. The molecule has 5 aliphatic rings. The predicted molar refractivity (Wildman–Crippen MR) is 194 cm³/mol. The first-order valence-corrected chi connectivity index (χ1v) is 20.4. The van der Waals surface area contributed by atoms with E-state index in [1.54, 1.807) is 39.0 Å². The summed E-state index contributed by atoms with van der Waals surface area (Å²) >= 11 is 5.94. The van der Waals surface area contributed by atoms with Crippen molar-refractivity contribution in [3.05, 3.63) is 47.3 Å². The fraction of sp³-hybridized carbons (Fsp3) is 0.611. The molecule has 3 aliphatic heterocycles. The van der Waals surface area contributed by atoms with E-state index in [1.807, 2.05) is 0 Å². The van der Waals surface area contributed by atoms with Gasteiger partial charge in [-0.1, -0.05) is 24.3 Å². The second-order valence-electron chi connectivity index (χ2n) is 15.7. The van der Waals surface area contributed by atoms with E-state index < -0.39 is 98.0 Å². The summed E-state index contributed by atoms with van der Waals surface area (Å²) in [5.74, 6) is -4.53. The van der Waals surface area contributed by atoms with E-state index >= 15 is 0 Å². The van der Waals surface area contributed by atoms with Crippen molar-refractivity contribution in [3.63, 3.8) is 0 Å². The Morgan fingerprint density at radius 2 is 1.84 bits per heavy atom. The van der Waals surface area contributed by atoms with Gasteiger partial charge in [0.15, 0.2) is 0 Å². The van der Waals surface area contributed by atoms with Gasteiger partial charge >= 0.3 is 12.2 Å². The van der Waals surface area contributed by atoms with Crippen molar-refractivity contribution in [2.24, 2.45) is 5.92 Å². The zero-order valence-corrected chi connectivity index (χ0v) is 32.4. The number of alkyl carbamates (subject to hydrolysis) is 1. The van der Waals surface area contributed by atoms with E-state index in [2.05, 4.69) is 15.4 Å². The van der Waals surface area contributed by atoms with Crippen molar-refractivity contribution in [2.45, 2.75) is 107 Å². The van der Waals surface area contributed by atoms with Crippen LogP contribution in [0.1, 0.15) is 70.4 Å². The summed E-state index contributed by atoms with van der Waals surface area (Å²) in [6, 6.07) is 1.68. The minimum absolute atomic E-state index is 0.0528. The molecule has 0 radical (unpaired) electrons. The molecule has 1 saturated heterocycles. The molecule has 1 aromatic carbocycles. The first kappa shape index (κ1) is 40.2. The maximum atomic E-state index is 14.6. The maximum absolute atomic E-state index is 14.6. The smallest absolute Gasteiger partial charge is 0.410 e. The van der Waals surface area contributed by atoms with Crippen LogP contribution in [-0.2, 0) is 51.8 Å².